The maximum atomic E-state index is 5.73. The largest absolute Gasteiger partial charge is 0.485 e. The molecule has 23 heavy (non-hydrogen) atoms. The van der Waals surface area contributed by atoms with E-state index in [0.717, 1.165) is 22.4 Å². The van der Waals surface area contributed by atoms with Crippen LogP contribution < -0.4 is 0 Å². The second-order valence-corrected chi connectivity index (χ2v) is 5.06. The van der Waals surface area contributed by atoms with Gasteiger partial charge < -0.3 is 4.74 Å². The molecular formula is C19H17N3O. The van der Waals surface area contributed by atoms with E-state index >= 15 is 0 Å². The van der Waals surface area contributed by atoms with E-state index in [0.29, 0.717) is 18.1 Å². The molecule has 0 unspecified atom stereocenters. The van der Waals surface area contributed by atoms with E-state index in [2.05, 4.69) is 21.5 Å². The average Bonchev–Trinajstić information content (AvgIpc) is 2.61. The molecule has 2 heterocycles. The molecule has 0 radical (unpaired) electrons. The second-order valence-electron chi connectivity index (χ2n) is 5.06. The fraction of sp³-hybridized carbons (Fsp3) is 0.105. The van der Waals surface area contributed by atoms with Crippen molar-refractivity contribution in [2.45, 2.75) is 6.92 Å². The SMILES string of the molecule is C=C1N=C(c2ccc(-c3cncnc3)cc2)CO/C1=C/C=C\C. The van der Waals surface area contributed by atoms with Gasteiger partial charge in [-0.15, -0.1) is 0 Å². The van der Waals surface area contributed by atoms with Crippen molar-refractivity contribution in [3.8, 4) is 11.1 Å². The molecule has 0 aliphatic carbocycles. The molecule has 2 aromatic rings. The van der Waals surface area contributed by atoms with Gasteiger partial charge in [0.15, 0.2) is 0 Å². The minimum atomic E-state index is 0.441. The third-order valence-corrected chi connectivity index (χ3v) is 3.47. The van der Waals surface area contributed by atoms with Crippen LogP contribution in [0.3, 0.4) is 0 Å². The number of hydrogen-bond donors (Lipinski definition) is 0. The molecular weight excluding hydrogens is 286 g/mol. The summed E-state index contributed by atoms with van der Waals surface area (Å²) in [5.74, 6) is 0.713. The van der Waals surface area contributed by atoms with E-state index in [-0.39, 0.29) is 0 Å². The van der Waals surface area contributed by atoms with Gasteiger partial charge in [-0.05, 0) is 24.1 Å². The summed E-state index contributed by atoms with van der Waals surface area (Å²) >= 11 is 0. The molecule has 3 rings (SSSR count). The number of aliphatic imine (C=N–C) groups is 1. The Labute approximate surface area is 135 Å². The zero-order valence-electron chi connectivity index (χ0n) is 12.9. The molecule has 1 aromatic carbocycles. The molecule has 0 amide bonds. The molecule has 1 aromatic heterocycles. The summed E-state index contributed by atoms with van der Waals surface area (Å²) in [6.45, 7) is 6.35. The van der Waals surface area contributed by atoms with Gasteiger partial charge in [0.2, 0.25) is 0 Å². The highest BCUT2D eigenvalue weighted by Gasteiger charge is 2.15. The van der Waals surface area contributed by atoms with Crippen LogP contribution in [0.1, 0.15) is 12.5 Å². The average molecular weight is 303 g/mol. The highest BCUT2D eigenvalue weighted by molar-refractivity contribution is 6.03. The Bertz CT molecular complexity index is 787. The molecule has 0 atom stereocenters. The van der Waals surface area contributed by atoms with E-state index in [1.165, 1.54) is 6.33 Å². The summed E-state index contributed by atoms with van der Waals surface area (Å²) in [7, 11) is 0. The quantitative estimate of drug-likeness (QED) is 0.863. The topological polar surface area (TPSA) is 47.4 Å². The predicted octanol–water partition coefficient (Wildman–Crippen LogP) is 3.94. The maximum absolute atomic E-state index is 5.73. The van der Waals surface area contributed by atoms with Crippen molar-refractivity contribution in [2.75, 3.05) is 6.61 Å². The van der Waals surface area contributed by atoms with Crippen LogP contribution in [-0.2, 0) is 4.74 Å². The Morgan fingerprint density at radius 3 is 2.39 bits per heavy atom. The number of rotatable bonds is 3. The van der Waals surface area contributed by atoms with Crippen LogP contribution in [0.2, 0.25) is 0 Å². The van der Waals surface area contributed by atoms with Gasteiger partial charge in [-0.3, -0.25) is 0 Å². The molecule has 0 N–H and O–H groups in total. The summed E-state index contributed by atoms with van der Waals surface area (Å²) < 4.78 is 5.73. The fourth-order valence-corrected chi connectivity index (χ4v) is 2.26. The Morgan fingerprint density at radius 2 is 1.74 bits per heavy atom. The van der Waals surface area contributed by atoms with Crippen molar-refractivity contribution in [1.29, 1.82) is 0 Å². The smallest absolute Gasteiger partial charge is 0.144 e. The molecule has 0 saturated heterocycles. The first-order valence-electron chi connectivity index (χ1n) is 7.36. The molecule has 114 valence electrons. The van der Waals surface area contributed by atoms with Crippen LogP contribution in [0, 0.1) is 0 Å². The minimum Gasteiger partial charge on any atom is -0.485 e. The Hall–Kier alpha value is -3.01. The summed E-state index contributed by atoms with van der Waals surface area (Å²) in [6.07, 6.45) is 10.8. The summed E-state index contributed by atoms with van der Waals surface area (Å²) in [5, 5.41) is 0. The van der Waals surface area contributed by atoms with Gasteiger partial charge in [-0.25, -0.2) is 15.0 Å². The molecule has 0 fully saturated rings. The monoisotopic (exact) mass is 303 g/mol. The van der Waals surface area contributed by atoms with Crippen molar-refractivity contribution in [1.82, 2.24) is 9.97 Å². The minimum absolute atomic E-state index is 0.441. The Balaban J connectivity index is 1.82. The lowest BCUT2D eigenvalue weighted by molar-refractivity contribution is 0.261. The van der Waals surface area contributed by atoms with Crippen LogP contribution in [0.5, 0.6) is 0 Å². The number of benzene rings is 1. The van der Waals surface area contributed by atoms with Crippen molar-refractivity contribution in [2.24, 2.45) is 4.99 Å². The number of hydrogen-bond acceptors (Lipinski definition) is 4. The number of aromatic nitrogens is 2. The van der Waals surface area contributed by atoms with Gasteiger partial charge in [0.05, 0.1) is 11.4 Å². The Morgan fingerprint density at radius 1 is 1.04 bits per heavy atom. The second kappa shape index (κ2) is 6.83. The fourth-order valence-electron chi connectivity index (χ4n) is 2.26. The van der Waals surface area contributed by atoms with E-state index < -0.39 is 0 Å². The van der Waals surface area contributed by atoms with Crippen molar-refractivity contribution < 1.29 is 4.74 Å². The van der Waals surface area contributed by atoms with Crippen molar-refractivity contribution >= 4 is 5.71 Å². The molecule has 4 nitrogen and oxygen atoms in total. The Kier molecular flexibility index (Phi) is 4.43. The zero-order chi connectivity index (χ0) is 16.1. The van der Waals surface area contributed by atoms with Crippen LogP contribution in [0.15, 0.2) is 84.2 Å². The summed E-state index contributed by atoms with van der Waals surface area (Å²) in [5.41, 5.74) is 4.60. The lowest BCUT2D eigenvalue weighted by Gasteiger charge is -2.18. The van der Waals surface area contributed by atoms with E-state index in [4.69, 9.17) is 4.74 Å². The third-order valence-electron chi connectivity index (χ3n) is 3.47. The highest BCUT2D eigenvalue weighted by Crippen LogP contribution is 2.22. The van der Waals surface area contributed by atoms with Crippen LogP contribution in [0.4, 0.5) is 0 Å². The van der Waals surface area contributed by atoms with Crippen molar-refractivity contribution in [3.05, 3.63) is 84.8 Å². The number of allylic oxidation sites excluding steroid dienone is 3. The van der Waals surface area contributed by atoms with Crippen molar-refractivity contribution in [3.63, 3.8) is 0 Å². The van der Waals surface area contributed by atoms with E-state index in [9.17, 15) is 0 Å². The lowest BCUT2D eigenvalue weighted by Crippen LogP contribution is -2.16. The number of nitrogens with zero attached hydrogens (tertiary/aromatic N) is 3. The van der Waals surface area contributed by atoms with Crippen LogP contribution in [-0.4, -0.2) is 22.3 Å². The van der Waals surface area contributed by atoms with Gasteiger partial charge in [-0.2, -0.15) is 0 Å². The normalized spacial score (nSPS) is 16.5. The van der Waals surface area contributed by atoms with E-state index in [1.54, 1.807) is 12.4 Å². The highest BCUT2D eigenvalue weighted by atomic mass is 16.5. The van der Waals surface area contributed by atoms with E-state index in [1.807, 2.05) is 49.4 Å². The molecule has 0 saturated carbocycles. The summed E-state index contributed by atoms with van der Waals surface area (Å²) in [6, 6.07) is 8.12. The first-order chi connectivity index (χ1) is 11.3. The molecule has 1 aliphatic rings. The first-order valence-corrected chi connectivity index (χ1v) is 7.36. The standard InChI is InChI=1S/C19H17N3O/c1-3-4-5-19-14(2)22-18(12-23-19)16-8-6-15(7-9-16)17-10-20-13-21-11-17/h3-11,13H,2,12H2,1H3/b4-3-,19-5+. The van der Waals surface area contributed by atoms with Gasteiger partial charge >= 0.3 is 0 Å². The molecule has 4 heteroatoms. The summed E-state index contributed by atoms with van der Waals surface area (Å²) in [4.78, 5) is 12.6. The zero-order valence-corrected chi connectivity index (χ0v) is 12.9. The predicted molar refractivity (Wildman–Crippen MR) is 92.0 cm³/mol. The van der Waals surface area contributed by atoms with Gasteiger partial charge in [-0.1, -0.05) is 43.0 Å². The van der Waals surface area contributed by atoms with Gasteiger partial charge in [0.1, 0.15) is 18.7 Å². The molecule has 0 bridgehead atoms. The van der Waals surface area contributed by atoms with Crippen LogP contribution >= 0.6 is 0 Å². The van der Waals surface area contributed by atoms with Gasteiger partial charge in [0, 0.05) is 18.0 Å². The van der Waals surface area contributed by atoms with Crippen LogP contribution in [0.25, 0.3) is 11.1 Å². The lowest BCUT2D eigenvalue weighted by atomic mass is 10.0. The molecule has 1 aliphatic heterocycles. The molecule has 0 spiro atoms. The maximum Gasteiger partial charge on any atom is 0.144 e. The third kappa shape index (κ3) is 3.43. The van der Waals surface area contributed by atoms with Gasteiger partial charge in [0.25, 0.3) is 0 Å². The number of ether oxygens (including phenoxy) is 1. The first kappa shape index (κ1) is 14.9.